The molecule has 0 aliphatic rings. The average Bonchev–Trinajstić information content (AvgIpc) is 2.56. The predicted molar refractivity (Wildman–Crippen MR) is 95.4 cm³/mol. The minimum absolute atomic E-state index is 0.0440. The summed E-state index contributed by atoms with van der Waals surface area (Å²) in [6.07, 6.45) is 0. The Kier molecular flexibility index (Phi) is 5.95. The van der Waals surface area contributed by atoms with Gasteiger partial charge in [-0.3, -0.25) is 9.59 Å². The van der Waals surface area contributed by atoms with Crippen molar-refractivity contribution in [2.24, 2.45) is 0 Å². The van der Waals surface area contributed by atoms with Gasteiger partial charge in [0.25, 0.3) is 0 Å². The zero-order valence-corrected chi connectivity index (χ0v) is 14.2. The number of carbonyl (C=O) groups excluding carboxylic acids is 2. The lowest BCUT2D eigenvalue weighted by Crippen LogP contribution is -2.36. The molecule has 2 amide bonds. The summed E-state index contributed by atoms with van der Waals surface area (Å²) in [6, 6.07) is 14.6. The van der Waals surface area contributed by atoms with Crippen LogP contribution >= 0.6 is 0 Å². The van der Waals surface area contributed by atoms with Gasteiger partial charge < -0.3 is 15.0 Å². The van der Waals surface area contributed by atoms with Crippen LogP contribution in [-0.4, -0.2) is 25.0 Å². The molecule has 24 heavy (non-hydrogen) atoms. The number of para-hydroxylation sites is 1. The summed E-state index contributed by atoms with van der Waals surface area (Å²) in [5.74, 6) is 0.293. The van der Waals surface area contributed by atoms with E-state index in [2.05, 4.69) is 5.32 Å². The van der Waals surface area contributed by atoms with Gasteiger partial charge in [0.1, 0.15) is 12.3 Å². The number of benzene rings is 2. The highest BCUT2D eigenvalue weighted by atomic mass is 16.5. The van der Waals surface area contributed by atoms with Gasteiger partial charge in [-0.25, -0.2) is 0 Å². The minimum Gasteiger partial charge on any atom is -0.494 e. The van der Waals surface area contributed by atoms with Crippen LogP contribution in [0.2, 0.25) is 0 Å². The highest BCUT2D eigenvalue weighted by molar-refractivity contribution is 6.02. The summed E-state index contributed by atoms with van der Waals surface area (Å²) >= 11 is 0. The average molecular weight is 326 g/mol. The van der Waals surface area contributed by atoms with Gasteiger partial charge in [-0.2, -0.15) is 0 Å². The second-order valence-electron chi connectivity index (χ2n) is 5.40. The first-order chi connectivity index (χ1) is 11.5. The Morgan fingerprint density at radius 3 is 2.33 bits per heavy atom. The zero-order valence-electron chi connectivity index (χ0n) is 14.2. The summed E-state index contributed by atoms with van der Waals surface area (Å²) in [4.78, 5) is 25.7. The predicted octanol–water partition coefficient (Wildman–Crippen LogP) is 3.39. The number of nitrogens with one attached hydrogen (secondary N) is 1. The molecule has 0 unspecified atom stereocenters. The lowest BCUT2D eigenvalue weighted by Gasteiger charge is -2.21. The SMILES string of the molecule is CCOc1ccc(N(CC(=O)Nc2ccccc2C)C(C)=O)cc1. The highest BCUT2D eigenvalue weighted by Gasteiger charge is 2.16. The zero-order chi connectivity index (χ0) is 17.5. The van der Waals surface area contributed by atoms with E-state index in [9.17, 15) is 9.59 Å². The van der Waals surface area contributed by atoms with E-state index in [4.69, 9.17) is 4.74 Å². The molecule has 0 saturated carbocycles. The fourth-order valence-corrected chi connectivity index (χ4v) is 2.32. The van der Waals surface area contributed by atoms with Gasteiger partial charge in [0.05, 0.1) is 6.61 Å². The number of hydrogen-bond acceptors (Lipinski definition) is 3. The molecule has 0 aromatic heterocycles. The van der Waals surface area contributed by atoms with Crippen molar-refractivity contribution in [1.82, 2.24) is 0 Å². The lowest BCUT2D eigenvalue weighted by molar-refractivity contribution is -0.120. The van der Waals surface area contributed by atoms with Gasteiger partial charge in [-0.1, -0.05) is 18.2 Å². The van der Waals surface area contributed by atoms with E-state index in [-0.39, 0.29) is 18.4 Å². The van der Waals surface area contributed by atoms with Crippen LogP contribution in [0.15, 0.2) is 48.5 Å². The molecule has 2 aromatic carbocycles. The first-order valence-corrected chi connectivity index (χ1v) is 7.87. The van der Waals surface area contributed by atoms with Crippen molar-refractivity contribution in [3.8, 4) is 5.75 Å². The number of rotatable bonds is 6. The van der Waals surface area contributed by atoms with Crippen molar-refractivity contribution in [3.05, 3.63) is 54.1 Å². The monoisotopic (exact) mass is 326 g/mol. The smallest absolute Gasteiger partial charge is 0.244 e. The normalized spacial score (nSPS) is 10.1. The van der Waals surface area contributed by atoms with Gasteiger partial charge in [0, 0.05) is 18.3 Å². The molecule has 5 nitrogen and oxygen atoms in total. The molecule has 0 atom stereocenters. The van der Waals surface area contributed by atoms with Gasteiger partial charge in [0.2, 0.25) is 11.8 Å². The quantitative estimate of drug-likeness (QED) is 0.885. The van der Waals surface area contributed by atoms with Crippen molar-refractivity contribution >= 4 is 23.2 Å². The van der Waals surface area contributed by atoms with Crippen molar-refractivity contribution in [1.29, 1.82) is 0 Å². The first kappa shape index (κ1) is 17.5. The number of amides is 2. The van der Waals surface area contributed by atoms with Crippen LogP contribution in [0.5, 0.6) is 5.75 Å². The largest absolute Gasteiger partial charge is 0.494 e. The highest BCUT2D eigenvalue weighted by Crippen LogP contribution is 2.20. The molecule has 1 N–H and O–H groups in total. The Hall–Kier alpha value is -2.82. The number of aryl methyl sites for hydroxylation is 1. The van der Waals surface area contributed by atoms with E-state index in [0.717, 1.165) is 17.0 Å². The van der Waals surface area contributed by atoms with Crippen LogP contribution in [0.3, 0.4) is 0 Å². The standard InChI is InChI=1S/C19H22N2O3/c1-4-24-17-11-9-16(10-12-17)21(15(3)22)13-19(23)20-18-8-6-5-7-14(18)2/h5-12H,4,13H2,1-3H3,(H,20,23). The number of nitrogens with zero attached hydrogens (tertiary/aromatic N) is 1. The fraction of sp³-hybridized carbons (Fsp3) is 0.263. The van der Waals surface area contributed by atoms with Crippen molar-refractivity contribution < 1.29 is 14.3 Å². The molecule has 0 radical (unpaired) electrons. The van der Waals surface area contributed by atoms with Crippen molar-refractivity contribution in [3.63, 3.8) is 0 Å². The Morgan fingerprint density at radius 2 is 1.75 bits per heavy atom. The van der Waals surface area contributed by atoms with Crippen LogP contribution in [0.4, 0.5) is 11.4 Å². The third-order valence-corrected chi connectivity index (χ3v) is 3.56. The lowest BCUT2D eigenvalue weighted by atomic mass is 10.2. The third-order valence-electron chi connectivity index (χ3n) is 3.56. The molecule has 0 bridgehead atoms. The second-order valence-corrected chi connectivity index (χ2v) is 5.40. The van der Waals surface area contributed by atoms with Crippen LogP contribution in [0.25, 0.3) is 0 Å². The van der Waals surface area contributed by atoms with E-state index in [1.165, 1.54) is 11.8 Å². The second kappa shape index (κ2) is 8.15. The topological polar surface area (TPSA) is 58.6 Å². The molecular formula is C19H22N2O3. The van der Waals surface area contributed by atoms with Gasteiger partial charge in [0.15, 0.2) is 0 Å². The number of anilines is 2. The number of carbonyl (C=O) groups is 2. The molecule has 0 spiro atoms. The number of ether oxygens (including phenoxy) is 1. The van der Waals surface area contributed by atoms with E-state index in [1.807, 2.05) is 38.1 Å². The molecule has 0 fully saturated rings. The maximum Gasteiger partial charge on any atom is 0.244 e. The molecule has 0 heterocycles. The molecule has 2 aromatic rings. The Balaban J connectivity index is 2.09. The van der Waals surface area contributed by atoms with E-state index < -0.39 is 0 Å². The van der Waals surface area contributed by atoms with E-state index >= 15 is 0 Å². The van der Waals surface area contributed by atoms with Crippen LogP contribution < -0.4 is 15.0 Å². The Labute approximate surface area is 142 Å². The molecular weight excluding hydrogens is 304 g/mol. The summed E-state index contributed by atoms with van der Waals surface area (Å²) < 4.78 is 5.39. The molecule has 5 heteroatoms. The van der Waals surface area contributed by atoms with Crippen molar-refractivity contribution in [2.75, 3.05) is 23.4 Å². The van der Waals surface area contributed by atoms with E-state index in [1.54, 1.807) is 24.3 Å². The minimum atomic E-state index is -0.242. The molecule has 2 rings (SSSR count). The van der Waals surface area contributed by atoms with Crippen LogP contribution in [-0.2, 0) is 9.59 Å². The van der Waals surface area contributed by atoms with Gasteiger partial charge >= 0.3 is 0 Å². The summed E-state index contributed by atoms with van der Waals surface area (Å²) in [6.45, 7) is 5.81. The number of hydrogen-bond donors (Lipinski definition) is 1. The van der Waals surface area contributed by atoms with Crippen molar-refractivity contribution in [2.45, 2.75) is 20.8 Å². The maximum atomic E-state index is 12.3. The van der Waals surface area contributed by atoms with Gasteiger partial charge in [-0.15, -0.1) is 0 Å². The van der Waals surface area contributed by atoms with Crippen LogP contribution in [0, 0.1) is 6.92 Å². The first-order valence-electron chi connectivity index (χ1n) is 7.87. The molecule has 0 saturated heterocycles. The van der Waals surface area contributed by atoms with Gasteiger partial charge in [-0.05, 0) is 49.7 Å². The fourth-order valence-electron chi connectivity index (χ4n) is 2.32. The molecule has 126 valence electrons. The summed E-state index contributed by atoms with van der Waals surface area (Å²) in [5, 5.41) is 2.84. The molecule has 0 aliphatic heterocycles. The molecule has 0 aliphatic carbocycles. The third kappa shape index (κ3) is 4.59. The summed E-state index contributed by atoms with van der Waals surface area (Å²) in [5.41, 5.74) is 2.38. The maximum absolute atomic E-state index is 12.3. The van der Waals surface area contributed by atoms with E-state index in [0.29, 0.717) is 12.3 Å². The summed E-state index contributed by atoms with van der Waals surface area (Å²) in [7, 11) is 0. The van der Waals surface area contributed by atoms with Crippen LogP contribution in [0.1, 0.15) is 19.4 Å². The Bertz CT molecular complexity index is 711. The Morgan fingerprint density at radius 1 is 1.08 bits per heavy atom.